The van der Waals surface area contributed by atoms with Crippen LogP contribution in [0.1, 0.15) is 17.9 Å². The maximum Gasteiger partial charge on any atom is 0.325 e. The average molecular weight is 285 g/mol. The van der Waals surface area contributed by atoms with Crippen molar-refractivity contribution in [2.24, 2.45) is 0 Å². The smallest absolute Gasteiger partial charge is 0.325 e. The molecule has 3 rings (SSSR count). The minimum absolute atomic E-state index is 0.0963. The molecule has 1 atom stereocenters. The maximum absolute atomic E-state index is 11.2. The van der Waals surface area contributed by atoms with Crippen LogP contribution in [0.5, 0.6) is 0 Å². The van der Waals surface area contributed by atoms with Gasteiger partial charge in [0.2, 0.25) is 5.91 Å². The molecule has 0 saturated carbocycles. The van der Waals surface area contributed by atoms with E-state index in [1.54, 1.807) is 12.4 Å². The summed E-state index contributed by atoms with van der Waals surface area (Å²) in [4.78, 5) is 21.9. The number of rotatable bonds is 4. The van der Waals surface area contributed by atoms with E-state index in [0.29, 0.717) is 13.0 Å². The minimum atomic E-state index is -0.918. The number of carboxylic acids is 1. The van der Waals surface area contributed by atoms with Crippen molar-refractivity contribution in [3.8, 4) is 11.1 Å². The SMILES string of the molecule is O=C(O)Cn1cc(-c2ccc(C3CNC(=O)C3)cc2)cn1. The number of amides is 1. The molecule has 6 heteroatoms. The number of hydrogen-bond donors (Lipinski definition) is 2. The van der Waals surface area contributed by atoms with Gasteiger partial charge < -0.3 is 10.4 Å². The first-order valence-corrected chi connectivity index (χ1v) is 6.73. The lowest BCUT2D eigenvalue weighted by atomic mass is 9.96. The van der Waals surface area contributed by atoms with E-state index < -0.39 is 5.97 Å². The normalized spacial score (nSPS) is 17.7. The van der Waals surface area contributed by atoms with E-state index in [-0.39, 0.29) is 18.4 Å². The van der Waals surface area contributed by atoms with Crippen molar-refractivity contribution in [2.75, 3.05) is 6.54 Å². The Morgan fingerprint density at radius 1 is 1.33 bits per heavy atom. The van der Waals surface area contributed by atoms with Crippen LogP contribution in [0.3, 0.4) is 0 Å². The second-order valence-corrected chi connectivity index (χ2v) is 5.15. The predicted molar refractivity (Wildman–Crippen MR) is 75.7 cm³/mol. The van der Waals surface area contributed by atoms with Crippen LogP contribution in [0.4, 0.5) is 0 Å². The van der Waals surface area contributed by atoms with Crippen LogP contribution in [0.15, 0.2) is 36.7 Å². The first-order chi connectivity index (χ1) is 10.1. The third-order valence-corrected chi connectivity index (χ3v) is 3.62. The number of aromatic nitrogens is 2. The van der Waals surface area contributed by atoms with Gasteiger partial charge in [-0.25, -0.2) is 0 Å². The van der Waals surface area contributed by atoms with Gasteiger partial charge in [-0.3, -0.25) is 14.3 Å². The van der Waals surface area contributed by atoms with Crippen LogP contribution in [0.25, 0.3) is 11.1 Å². The lowest BCUT2D eigenvalue weighted by Gasteiger charge is -2.08. The minimum Gasteiger partial charge on any atom is -0.480 e. The Hall–Kier alpha value is -2.63. The number of nitrogens with one attached hydrogen (secondary N) is 1. The molecule has 1 aliphatic rings. The van der Waals surface area contributed by atoms with Gasteiger partial charge >= 0.3 is 5.97 Å². The van der Waals surface area contributed by atoms with Crippen LogP contribution < -0.4 is 5.32 Å². The maximum atomic E-state index is 11.2. The van der Waals surface area contributed by atoms with Crippen molar-refractivity contribution >= 4 is 11.9 Å². The van der Waals surface area contributed by atoms with Crippen LogP contribution >= 0.6 is 0 Å². The Bertz CT molecular complexity index is 676. The van der Waals surface area contributed by atoms with Gasteiger partial charge in [-0.1, -0.05) is 24.3 Å². The third-order valence-electron chi connectivity index (χ3n) is 3.62. The number of carboxylic acid groups (broad SMARTS) is 1. The number of hydrogen-bond acceptors (Lipinski definition) is 3. The van der Waals surface area contributed by atoms with Crippen molar-refractivity contribution in [2.45, 2.75) is 18.9 Å². The van der Waals surface area contributed by atoms with Crippen LogP contribution in [0, 0.1) is 0 Å². The zero-order valence-electron chi connectivity index (χ0n) is 11.3. The summed E-state index contributed by atoms with van der Waals surface area (Å²) in [6.07, 6.45) is 3.90. The first kappa shape index (κ1) is 13.4. The van der Waals surface area contributed by atoms with Crippen molar-refractivity contribution in [1.82, 2.24) is 15.1 Å². The quantitative estimate of drug-likeness (QED) is 0.885. The molecule has 1 amide bonds. The topological polar surface area (TPSA) is 84.2 Å². The standard InChI is InChI=1S/C15H15N3O3/c19-14-5-12(6-16-14)10-1-3-11(4-2-10)13-7-17-18(8-13)9-15(20)21/h1-4,7-8,12H,5-6,9H2,(H,16,19)(H,20,21). The van der Waals surface area contributed by atoms with Gasteiger partial charge in [0.15, 0.2) is 0 Å². The van der Waals surface area contributed by atoms with Crippen molar-refractivity contribution in [1.29, 1.82) is 0 Å². The van der Waals surface area contributed by atoms with Crippen LogP contribution in [0.2, 0.25) is 0 Å². The van der Waals surface area contributed by atoms with Gasteiger partial charge in [0.1, 0.15) is 6.54 Å². The summed E-state index contributed by atoms with van der Waals surface area (Å²) in [5.74, 6) is -0.585. The zero-order chi connectivity index (χ0) is 14.8. The van der Waals surface area contributed by atoms with Gasteiger partial charge in [-0.05, 0) is 11.1 Å². The van der Waals surface area contributed by atoms with Gasteiger partial charge in [-0.2, -0.15) is 5.10 Å². The molecular weight excluding hydrogens is 270 g/mol. The molecule has 1 aromatic heterocycles. The van der Waals surface area contributed by atoms with E-state index in [2.05, 4.69) is 10.4 Å². The van der Waals surface area contributed by atoms with E-state index in [0.717, 1.165) is 16.7 Å². The number of benzene rings is 1. The Morgan fingerprint density at radius 2 is 2.10 bits per heavy atom. The molecule has 0 aliphatic carbocycles. The lowest BCUT2D eigenvalue weighted by molar-refractivity contribution is -0.137. The second-order valence-electron chi connectivity index (χ2n) is 5.15. The molecule has 21 heavy (non-hydrogen) atoms. The van der Waals surface area contributed by atoms with E-state index in [1.165, 1.54) is 4.68 Å². The summed E-state index contributed by atoms with van der Waals surface area (Å²) in [5.41, 5.74) is 2.99. The third kappa shape index (κ3) is 2.94. The molecule has 1 fully saturated rings. The van der Waals surface area contributed by atoms with Crippen molar-refractivity contribution in [3.63, 3.8) is 0 Å². The molecule has 0 spiro atoms. The molecule has 2 N–H and O–H groups in total. The lowest BCUT2D eigenvalue weighted by Crippen LogP contribution is -2.13. The fourth-order valence-electron chi connectivity index (χ4n) is 2.53. The highest BCUT2D eigenvalue weighted by Crippen LogP contribution is 2.26. The van der Waals surface area contributed by atoms with Crippen LogP contribution in [-0.4, -0.2) is 33.3 Å². The van der Waals surface area contributed by atoms with Crippen molar-refractivity contribution < 1.29 is 14.7 Å². The Balaban J connectivity index is 1.76. The molecule has 0 bridgehead atoms. The first-order valence-electron chi connectivity index (χ1n) is 6.73. The summed E-state index contributed by atoms with van der Waals surface area (Å²) < 4.78 is 1.39. The molecule has 1 aliphatic heterocycles. The Labute approximate surface area is 121 Å². The van der Waals surface area contributed by atoms with Gasteiger partial charge in [0.05, 0.1) is 6.20 Å². The number of carbonyl (C=O) groups is 2. The largest absolute Gasteiger partial charge is 0.480 e. The monoisotopic (exact) mass is 285 g/mol. The van der Waals surface area contributed by atoms with Crippen LogP contribution in [-0.2, 0) is 16.1 Å². The number of aliphatic carboxylic acids is 1. The van der Waals surface area contributed by atoms with E-state index in [4.69, 9.17) is 5.11 Å². The average Bonchev–Trinajstić information content (AvgIpc) is 3.08. The van der Waals surface area contributed by atoms with Gasteiger partial charge in [-0.15, -0.1) is 0 Å². The molecule has 6 nitrogen and oxygen atoms in total. The molecule has 1 saturated heterocycles. The fraction of sp³-hybridized carbons (Fsp3) is 0.267. The molecule has 108 valence electrons. The van der Waals surface area contributed by atoms with E-state index >= 15 is 0 Å². The van der Waals surface area contributed by atoms with Crippen molar-refractivity contribution in [3.05, 3.63) is 42.2 Å². The second kappa shape index (κ2) is 5.40. The molecule has 0 radical (unpaired) electrons. The molecule has 1 unspecified atom stereocenters. The van der Waals surface area contributed by atoms with E-state index in [9.17, 15) is 9.59 Å². The highest BCUT2D eigenvalue weighted by Gasteiger charge is 2.22. The number of carbonyl (C=O) groups excluding carboxylic acids is 1. The number of nitrogens with zero attached hydrogens (tertiary/aromatic N) is 2. The summed E-state index contributed by atoms with van der Waals surface area (Å²) in [5, 5.41) is 15.6. The molecule has 1 aromatic carbocycles. The summed E-state index contributed by atoms with van der Waals surface area (Å²) in [7, 11) is 0. The molecular formula is C15H15N3O3. The zero-order valence-corrected chi connectivity index (χ0v) is 11.3. The summed E-state index contributed by atoms with van der Waals surface area (Å²) >= 11 is 0. The highest BCUT2D eigenvalue weighted by molar-refractivity contribution is 5.79. The van der Waals surface area contributed by atoms with Gasteiger partial charge in [0.25, 0.3) is 0 Å². The molecule has 2 heterocycles. The highest BCUT2D eigenvalue weighted by atomic mass is 16.4. The molecule has 2 aromatic rings. The fourth-order valence-corrected chi connectivity index (χ4v) is 2.53. The Kier molecular flexibility index (Phi) is 3.43. The Morgan fingerprint density at radius 3 is 2.71 bits per heavy atom. The van der Waals surface area contributed by atoms with E-state index in [1.807, 2.05) is 24.3 Å². The van der Waals surface area contributed by atoms with Gasteiger partial charge in [0, 0.05) is 30.6 Å². The summed E-state index contributed by atoms with van der Waals surface area (Å²) in [6.45, 7) is 0.544. The predicted octanol–water partition coefficient (Wildman–Crippen LogP) is 1.24. The summed E-state index contributed by atoms with van der Waals surface area (Å²) in [6, 6.07) is 7.96.